The summed E-state index contributed by atoms with van der Waals surface area (Å²) in [6, 6.07) is 0.143. The van der Waals surface area contributed by atoms with Crippen LogP contribution in [0.15, 0.2) is 0 Å². The van der Waals surface area contributed by atoms with Gasteiger partial charge >= 0.3 is 5.97 Å². The van der Waals surface area contributed by atoms with E-state index in [2.05, 4.69) is 33.0 Å². The van der Waals surface area contributed by atoms with E-state index < -0.39 is 17.8 Å². The van der Waals surface area contributed by atoms with Crippen molar-refractivity contribution in [3.63, 3.8) is 0 Å². The van der Waals surface area contributed by atoms with Crippen molar-refractivity contribution in [2.75, 3.05) is 0 Å². The topological polar surface area (TPSA) is 66.4 Å². The lowest BCUT2D eigenvalue weighted by Gasteiger charge is -2.45. The van der Waals surface area contributed by atoms with Gasteiger partial charge in [-0.1, -0.05) is 41.5 Å². The highest BCUT2D eigenvalue weighted by Gasteiger charge is 2.39. The molecule has 0 aromatic rings. The van der Waals surface area contributed by atoms with Crippen LogP contribution in [0.4, 0.5) is 0 Å². The van der Waals surface area contributed by atoms with E-state index in [4.69, 9.17) is 5.11 Å². The Morgan fingerprint density at radius 1 is 1.05 bits per heavy atom. The second-order valence-corrected chi connectivity index (χ2v) is 8.03. The lowest BCUT2D eigenvalue weighted by Crippen LogP contribution is -2.48. The van der Waals surface area contributed by atoms with Crippen LogP contribution in [0.5, 0.6) is 0 Å². The van der Waals surface area contributed by atoms with Gasteiger partial charge in [0.15, 0.2) is 0 Å². The van der Waals surface area contributed by atoms with Crippen LogP contribution < -0.4 is 5.32 Å². The first kappa shape index (κ1) is 17.0. The second-order valence-electron chi connectivity index (χ2n) is 8.03. The third kappa shape index (κ3) is 4.50. The molecule has 0 aromatic heterocycles. The van der Waals surface area contributed by atoms with Gasteiger partial charge in [0.25, 0.3) is 0 Å². The molecule has 4 nitrogen and oxygen atoms in total. The van der Waals surface area contributed by atoms with Crippen molar-refractivity contribution in [2.45, 2.75) is 66.8 Å². The van der Waals surface area contributed by atoms with E-state index in [0.717, 1.165) is 19.3 Å². The average molecular weight is 283 g/mol. The molecule has 0 saturated heterocycles. The number of carboxylic acid groups (broad SMARTS) is 1. The Morgan fingerprint density at radius 2 is 1.50 bits per heavy atom. The fourth-order valence-corrected chi connectivity index (χ4v) is 3.72. The van der Waals surface area contributed by atoms with E-state index in [-0.39, 0.29) is 22.8 Å². The molecule has 0 aliphatic heterocycles. The first-order valence-electron chi connectivity index (χ1n) is 7.47. The fourth-order valence-electron chi connectivity index (χ4n) is 3.72. The Hall–Kier alpha value is -1.06. The van der Waals surface area contributed by atoms with Crippen molar-refractivity contribution < 1.29 is 14.7 Å². The maximum Gasteiger partial charge on any atom is 0.307 e. The highest BCUT2D eigenvalue weighted by atomic mass is 16.4. The molecule has 116 valence electrons. The van der Waals surface area contributed by atoms with E-state index in [1.54, 1.807) is 13.8 Å². The molecular formula is C16H29NO3. The number of carboxylic acids is 1. The van der Waals surface area contributed by atoms with Crippen LogP contribution in [-0.4, -0.2) is 23.0 Å². The van der Waals surface area contributed by atoms with E-state index in [0.29, 0.717) is 0 Å². The first-order valence-corrected chi connectivity index (χ1v) is 7.47. The normalized spacial score (nSPS) is 24.7. The summed E-state index contributed by atoms with van der Waals surface area (Å²) >= 11 is 0. The van der Waals surface area contributed by atoms with E-state index in [9.17, 15) is 9.59 Å². The molecule has 0 aromatic carbocycles. The van der Waals surface area contributed by atoms with Gasteiger partial charge in [0.1, 0.15) is 0 Å². The van der Waals surface area contributed by atoms with Gasteiger partial charge in [0, 0.05) is 12.0 Å². The predicted molar refractivity (Wildman–Crippen MR) is 79.3 cm³/mol. The summed E-state index contributed by atoms with van der Waals surface area (Å²) in [5.74, 6) is -2.21. The molecule has 1 aliphatic rings. The largest absolute Gasteiger partial charge is 0.481 e. The SMILES string of the molecule is CC(C(=O)O)C(C)C(=O)NC1CC(C)(C)CC(C)(C)C1. The number of aliphatic carboxylic acids is 1. The van der Waals surface area contributed by atoms with Gasteiger partial charge in [-0.05, 0) is 30.1 Å². The molecule has 1 amide bonds. The zero-order chi connectivity index (χ0) is 15.7. The highest BCUT2D eigenvalue weighted by molar-refractivity contribution is 5.84. The van der Waals surface area contributed by atoms with Crippen molar-refractivity contribution in [3.05, 3.63) is 0 Å². The van der Waals surface area contributed by atoms with Gasteiger partial charge < -0.3 is 10.4 Å². The van der Waals surface area contributed by atoms with E-state index in [1.807, 2.05) is 0 Å². The molecule has 2 N–H and O–H groups in total. The van der Waals surface area contributed by atoms with Gasteiger partial charge in [0.2, 0.25) is 5.91 Å². The minimum Gasteiger partial charge on any atom is -0.481 e. The quantitative estimate of drug-likeness (QED) is 0.833. The van der Waals surface area contributed by atoms with Gasteiger partial charge in [-0.25, -0.2) is 0 Å². The maximum absolute atomic E-state index is 12.2. The molecule has 2 unspecified atom stereocenters. The summed E-state index contributed by atoms with van der Waals surface area (Å²) in [6.45, 7) is 12.2. The zero-order valence-electron chi connectivity index (χ0n) is 13.6. The summed E-state index contributed by atoms with van der Waals surface area (Å²) in [5.41, 5.74) is 0.419. The third-order valence-electron chi connectivity index (χ3n) is 4.45. The van der Waals surface area contributed by atoms with Gasteiger partial charge in [-0.3, -0.25) is 9.59 Å². The fraction of sp³-hybridized carbons (Fsp3) is 0.875. The number of nitrogens with one attached hydrogen (secondary N) is 1. The molecule has 1 rings (SSSR count). The van der Waals surface area contributed by atoms with E-state index >= 15 is 0 Å². The molecule has 0 heterocycles. The molecule has 0 bridgehead atoms. The Morgan fingerprint density at radius 3 is 1.90 bits per heavy atom. The van der Waals surface area contributed by atoms with Crippen LogP contribution in [0.3, 0.4) is 0 Å². The minimum atomic E-state index is -0.919. The van der Waals surface area contributed by atoms with Crippen LogP contribution in [0, 0.1) is 22.7 Å². The third-order valence-corrected chi connectivity index (χ3v) is 4.45. The number of carbonyl (C=O) groups excluding carboxylic acids is 1. The van der Waals surface area contributed by atoms with Crippen LogP contribution >= 0.6 is 0 Å². The smallest absolute Gasteiger partial charge is 0.307 e. The first-order chi connectivity index (χ1) is 8.93. The predicted octanol–water partition coefficient (Wildman–Crippen LogP) is 3.06. The number of rotatable bonds is 4. The minimum absolute atomic E-state index is 0.140. The monoisotopic (exact) mass is 283 g/mol. The number of hydrogen-bond donors (Lipinski definition) is 2. The summed E-state index contributed by atoms with van der Waals surface area (Å²) in [7, 11) is 0. The van der Waals surface area contributed by atoms with Gasteiger partial charge in [-0.2, -0.15) is 0 Å². The molecule has 4 heteroatoms. The molecule has 0 radical (unpaired) electrons. The van der Waals surface area contributed by atoms with Crippen molar-refractivity contribution in [3.8, 4) is 0 Å². The maximum atomic E-state index is 12.2. The molecule has 20 heavy (non-hydrogen) atoms. The van der Waals surface area contributed by atoms with Crippen molar-refractivity contribution in [1.82, 2.24) is 5.32 Å². The molecular weight excluding hydrogens is 254 g/mol. The lowest BCUT2D eigenvalue weighted by molar-refractivity contribution is -0.146. The Labute approximate surface area is 122 Å². The summed E-state index contributed by atoms with van der Waals surface area (Å²) in [6.07, 6.45) is 3.06. The molecule has 2 atom stereocenters. The summed E-state index contributed by atoms with van der Waals surface area (Å²) in [4.78, 5) is 23.2. The van der Waals surface area contributed by atoms with Crippen molar-refractivity contribution >= 4 is 11.9 Å². The van der Waals surface area contributed by atoms with Gasteiger partial charge in [0.05, 0.1) is 5.92 Å². The Bertz CT molecular complexity index is 371. The molecule has 1 fully saturated rings. The number of amides is 1. The van der Waals surface area contributed by atoms with Crippen LogP contribution in [-0.2, 0) is 9.59 Å². The molecule has 0 spiro atoms. The van der Waals surface area contributed by atoms with Crippen LogP contribution in [0.1, 0.15) is 60.8 Å². The number of hydrogen-bond acceptors (Lipinski definition) is 2. The van der Waals surface area contributed by atoms with Crippen molar-refractivity contribution in [1.29, 1.82) is 0 Å². The Kier molecular flexibility index (Phi) is 4.88. The van der Waals surface area contributed by atoms with Crippen molar-refractivity contribution in [2.24, 2.45) is 22.7 Å². The zero-order valence-corrected chi connectivity index (χ0v) is 13.6. The van der Waals surface area contributed by atoms with E-state index in [1.165, 1.54) is 0 Å². The highest BCUT2D eigenvalue weighted by Crippen LogP contribution is 2.45. The van der Waals surface area contributed by atoms with Gasteiger partial charge in [-0.15, -0.1) is 0 Å². The molecule has 1 aliphatic carbocycles. The number of carbonyl (C=O) groups is 2. The average Bonchev–Trinajstić information content (AvgIpc) is 2.22. The lowest BCUT2D eigenvalue weighted by atomic mass is 9.63. The standard InChI is InChI=1S/C16H29NO3/c1-10(11(2)14(19)20)13(18)17-12-7-15(3,4)9-16(5,6)8-12/h10-12H,7-9H2,1-6H3,(H,17,18)(H,19,20). The van der Waals surface area contributed by atoms with Crippen LogP contribution in [0.2, 0.25) is 0 Å². The van der Waals surface area contributed by atoms with Crippen LogP contribution in [0.25, 0.3) is 0 Å². The molecule has 1 saturated carbocycles. The summed E-state index contributed by atoms with van der Waals surface area (Å²) in [5, 5.41) is 12.1. The second kappa shape index (κ2) is 5.74. The Balaban J connectivity index is 2.68. The summed E-state index contributed by atoms with van der Waals surface area (Å²) < 4.78 is 0.